The molecule has 2 aromatic rings. The smallest absolute Gasteiger partial charge is 0.270 e. The fraction of sp³-hybridized carbons (Fsp3) is 0.444. The highest BCUT2D eigenvalue weighted by Gasteiger charge is 2.27. The van der Waals surface area contributed by atoms with Gasteiger partial charge in [0.15, 0.2) is 5.69 Å². The average molecular weight is 405 g/mol. The Morgan fingerprint density at radius 3 is 2.64 bits per heavy atom. The summed E-state index contributed by atoms with van der Waals surface area (Å²) >= 11 is 0.787. The Kier molecular flexibility index (Phi) is 6.30. The number of rotatable bonds is 7. The number of hydrogen-bond acceptors (Lipinski definition) is 7. The number of hydrogen-bond donors (Lipinski definition) is 3. The molecule has 3 amide bonds. The maximum absolute atomic E-state index is 13.0. The molecular weight excluding hydrogens is 382 g/mol. The second-order valence-electron chi connectivity index (χ2n) is 6.78. The third-order valence-electron chi connectivity index (χ3n) is 4.67. The predicted octanol–water partition coefficient (Wildman–Crippen LogP) is 1.51. The summed E-state index contributed by atoms with van der Waals surface area (Å²) in [5.74, 6) is -1.03. The molecule has 2 aromatic heterocycles. The molecule has 9 nitrogen and oxygen atoms in total. The summed E-state index contributed by atoms with van der Waals surface area (Å²) in [5, 5.41) is 2.99. The number of carbonyl (C=O) groups is 3. The number of nitrogen functional groups attached to an aromatic ring is 1. The average Bonchev–Trinajstić information content (AvgIpc) is 3.31. The first-order valence-electron chi connectivity index (χ1n) is 9.11. The van der Waals surface area contributed by atoms with E-state index in [0.717, 1.165) is 37.2 Å². The van der Waals surface area contributed by atoms with Gasteiger partial charge in [-0.05, 0) is 36.5 Å². The van der Waals surface area contributed by atoms with E-state index in [1.807, 2.05) is 0 Å². The van der Waals surface area contributed by atoms with Crippen molar-refractivity contribution in [1.82, 2.24) is 14.6 Å². The van der Waals surface area contributed by atoms with Crippen molar-refractivity contribution < 1.29 is 18.8 Å². The Hall–Kier alpha value is -2.88. The number of anilines is 1. The van der Waals surface area contributed by atoms with Crippen molar-refractivity contribution in [3.8, 4) is 0 Å². The minimum absolute atomic E-state index is 0.0698. The van der Waals surface area contributed by atoms with Gasteiger partial charge in [0.25, 0.3) is 11.8 Å². The Morgan fingerprint density at radius 1 is 1.29 bits per heavy atom. The minimum Gasteiger partial charge on any atom is -0.467 e. The maximum Gasteiger partial charge on any atom is 0.270 e. The van der Waals surface area contributed by atoms with Crippen LogP contribution in [0.5, 0.6) is 0 Å². The van der Waals surface area contributed by atoms with E-state index in [-0.39, 0.29) is 41.3 Å². The van der Waals surface area contributed by atoms with E-state index >= 15 is 0 Å². The number of carbonyl (C=O) groups excluding carboxylic acids is 3. The second-order valence-corrected chi connectivity index (χ2v) is 7.55. The molecule has 0 radical (unpaired) electrons. The topological polar surface area (TPSA) is 145 Å². The lowest BCUT2D eigenvalue weighted by atomic mass is 9.95. The number of nitrogens with one attached hydrogen (secondary N) is 1. The maximum atomic E-state index is 13.0. The molecule has 2 heterocycles. The largest absolute Gasteiger partial charge is 0.467 e. The van der Waals surface area contributed by atoms with E-state index in [0.29, 0.717) is 5.76 Å². The quantitative estimate of drug-likeness (QED) is 0.637. The van der Waals surface area contributed by atoms with Gasteiger partial charge in [-0.25, -0.2) is 0 Å². The first kappa shape index (κ1) is 19.9. The number of primary amides is 1. The Morgan fingerprint density at radius 2 is 2.04 bits per heavy atom. The fourth-order valence-corrected chi connectivity index (χ4v) is 4.03. The number of nitrogens with zero attached hydrogens (tertiary/aromatic N) is 2. The molecule has 28 heavy (non-hydrogen) atoms. The van der Waals surface area contributed by atoms with Crippen LogP contribution in [0.3, 0.4) is 0 Å². The van der Waals surface area contributed by atoms with Crippen LogP contribution in [-0.4, -0.2) is 39.6 Å². The number of nitrogens with two attached hydrogens (primary N) is 2. The zero-order chi connectivity index (χ0) is 20.1. The summed E-state index contributed by atoms with van der Waals surface area (Å²) in [6, 6.07) is 3.55. The minimum atomic E-state index is -0.805. The lowest BCUT2D eigenvalue weighted by Gasteiger charge is -2.25. The number of amides is 3. The van der Waals surface area contributed by atoms with E-state index in [1.165, 1.54) is 17.6 Å². The molecule has 0 saturated heterocycles. The normalized spacial score (nSPS) is 14.6. The summed E-state index contributed by atoms with van der Waals surface area (Å²) < 4.78 is 9.17. The molecule has 5 N–H and O–H groups in total. The molecule has 3 rings (SSSR count). The lowest BCUT2D eigenvalue weighted by Crippen LogP contribution is -2.44. The van der Waals surface area contributed by atoms with Crippen molar-refractivity contribution >= 4 is 34.9 Å². The number of aromatic nitrogens is 1. The van der Waals surface area contributed by atoms with Gasteiger partial charge >= 0.3 is 0 Å². The van der Waals surface area contributed by atoms with Crippen LogP contribution in [0.4, 0.5) is 5.69 Å². The second kappa shape index (κ2) is 8.87. The molecule has 0 atom stereocenters. The fourth-order valence-electron chi connectivity index (χ4n) is 3.26. The Labute approximate surface area is 166 Å². The molecule has 1 saturated carbocycles. The standard InChI is InChI=1S/C18H23N5O4S/c19-14-15(17(20)25)22-28-16(14)18(26)23(9-12-7-4-8-27-12)10-13(24)21-11-5-2-1-3-6-11/h4,7-8,11H,1-3,5-6,9-10,19H2,(H2,20,25)(H,21,24). The Balaban J connectivity index is 1.75. The summed E-state index contributed by atoms with van der Waals surface area (Å²) in [5.41, 5.74) is 10.9. The van der Waals surface area contributed by atoms with Gasteiger partial charge in [0.2, 0.25) is 5.91 Å². The molecule has 1 aliphatic carbocycles. The highest BCUT2D eigenvalue weighted by atomic mass is 32.1. The number of furan rings is 1. The van der Waals surface area contributed by atoms with Crippen molar-refractivity contribution in [3.63, 3.8) is 0 Å². The van der Waals surface area contributed by atoms with Crippen LogP contribution in [-0.2, 0) is 11.3 Å². The van der Waals surface area contributed by atoms with Gasteiger partial charge in [-0.2, -0.15) is 4.37 Å². The van der Waals surface area contributed by atoms with Crippen molar-refractivity contribution in [2.75, 3.05) is 12.3 Å². The van der Waals surface area contributed by atoms with Crippen molar-refractivity contribution in [2.45, 2.75) is 44.7 Å². The van der Waals surface area contributed by atoms with E-state index in [9.17, 15) is 14.4 Å². The molecule has 0 bridgehead atoms. The molecule has 0 spiro atoms. The molecule has 1 fully saturated rings. The third kappa shape index (κ3) is 4.69. The monoisotopic (exact) mass is 405 g/mol. The zero-order valence-corrected chi connectivity index (χ0v) is 16.2. The van der Waals surface area contributed by atoms with Gasteiger partial charge in [-0.1, -0.05) is 19.3 Å². The van der Waals surface area contributed by atoms with Crippen molar-refractivity contribution in [3.05, 3.63) is 34.7 Å². The first-order valence-corrected chi connectivity index (χ1v) is 9.89. The summed E-state index contributed by atoms with van der Waals surface area (Å²) in [7, 11) is 0. The SMILES string of the molecule is NC(=O)c1nsc(C(=O)N(CC(=O)NC2CCCCC2)Cc2ccco2)c1N. The van der Waals surface area contributed by atoms with Crippen LogP contribution in [0, 0.1) is 0 Å². The molecule has 0 aliphatic heterocycles. The third-order valence-corrected chi connectivity index (χ3v) is 5.53. The van der Waals surface area contributed by atoms with Gasteiger partial charge in [0, 0.05) is 6.04 Å². The highest BCUT2D eigenvalue weighted by molar-refractivity contribution is 7.09. The summed E-state index contributed by atoms with van der Waals surface area (Å²) in [4.78, 5) is 38.3. The highest BCUT2D eigenvalue weighted by Crippen LogP contribution is 2.24. The van der Waals surface area contributed by atoms with Crippen LogP contribution in [0.25, 0.3) is 0 Å². The first-order chi connectivity index (χ1) is 13.5. The molecule has 1 aliphatic rings. The van der Waals surface area contributed by atoms with E-state index < -0.39 is 11.8 Å². The van der Waals surface area contributed by atoms with Crippen molar-refractivity contribution in [1.29, 1.82) is 0 Å². The van der Waals surface area contributed by atoms with Gasteiger partial charge in [-0.3, -0.25) is 14.4 Å². The van der Waals surface area contributed by atoms with Crippen molar-refractivity contribution in [2.24, 2.45) is 5.73 Å². The van der Waals surface area contributed by atoms with Gasteiger partial charge < -0.3 is 26.1 Å². The zero-order valence-electron chi connectivity index (χ0n) is 15.3. The van der Waals surface area contributed by atoms with Crippen LogP contribution >= 0.6 is 11.5 Å². The van der Waals surface area contributed by atoms with Crippen LogP contribution in [0.2, 0.25) is 0 Å². The Bertz CT molecular complexity index is 842. The van der Waals surface area contributed by atoms with Crippen LogP contribution < -0.4 is 16.8 Å². The van der Waals surface area contributed by atoms with Crippen LogP contribution in [0.1, 0.15) is 58.0 Å². The van der Waals surface area contributed by atoms with Gasteiger partial charge in [0.05, 0.1) is 18.5 Å². The molecular formula is C18H23N5O4S. The van der Waals surface area contributed by atoms with Crippen LogP contribution in [0.15, 0.2) is 22.8 Å². The van der Waals surface area contributed by atoms with E-state index in [2.05, 4.69) is 9.69 Å². The van der Waals surface area contributed by atoms with Gasteiger partial charge in [-0.15, -0.1) is 0 Å². The van der Waals surface area contributed by atoms with E-state index in [1.54, 1.807) is 12.1 Å². The molecule has 0 aromatic carbocycles. The lowest BCUT2D eigenvalue weighted by molar-refractivity contribution is -0.122. The molecule has 10 heteroatoms. The summed E-state index contributed by atoms with van der Waals surface area (Å²) in [6.07, 6.45) is 6.75. The summed E-state index contributed by atoms with van der Waals surface area (Å²) in [6.45, 7) is -0.0631. The van der Waals surface area contributed by atoms with E-state index in [4.69, 9.17) is 15.9 Å². The van der Waals surface area contributed by atoms with Gasteiger partial charge in [0.1, 0.15) is 17.2 Å². The molecule has 150 valence electrons. The predicted molar refractivity (Wildman–Crippen MR) is 104 cm³/mol. The molecule has 0 unspecified atom stereocenters.